The third kappa shape index (κ3) is 4.57. The number of halogens is 1. The monoisotopic (exact) mass is 481 g/mol. The average molecular weight is 482 g/mol. The third-order valence-corrected chi connectivity index (χ3v) is 6.49. The number of aryl methyl sites for hydroxylation is 1. The van der Waals surface area contributed by atoms with Crippen molar-refractivity contribution in [2.75, 3.05) is 6.61 Å². The molecule has 162 valence electrons. The zero-order valence-electron chi connectivity index (χ0n) is 18.3. The summed E-state index contributed by atoms with van der Waals surface area (Å²) in [5, 5.41) is 4.16. The van der Waals surface area contributed by atoms with E-state index in [-0.39, 0.29) is 5.91 Å². The standard InChI is InChI=1S/C26H28BrNO3/c1-4-30-25-17(3)26-22(23(15-31-26)18-9-11-19(27)12-10-18)14-21(25)16(2)13-24(29)28-20-7-5-6-8-20/h9-15,20H,4-8H2,1-3H3,(H,28,29)/b16-13+. The average Bonchev–Trinajstić information content (AvgIpc) is 3.40. The quantitative estimate of drug-likeness (QED) is 0.384. The largest absolute Gasteiger partial charge is 0.493 e. The van der Waals surface area contributed by atoms with Gasteiger partial charge in [-0.1, -0.05) is 40.9 Å². The van der Waals surface area contributed by atoms with E-state index < -0.39 is 0 Å². The molecule has 0 bridgehead atoms. The van der Waals surface area contributed by atoms with Crippen molar-refractivity contribution in [1.82, 2.24) is 5.32 Å². The normalized spacial score (nSPS) is 14.9. The maximum Gasteiger partial charge on any atom is 0.244 e. The minimum atomic E-state index is -0.0371. The summed E-state index contributed by atoms with van der Waals surface area (Å²) < 4.78 is 13.0. The number of amides is 1. The fourth-order valence-electron chi connectivity index (χ4n) is 4.38. The van der Waals surface area contributed by atoms with E-state index in [2.05, 4.69) is 39.4 Å². The van der Waals surface area contributed by atoms with Crippen LogP contribution in [-0.2, 0) is 4.79 Å². The molecule has 0 atom stereocenters. The lowest BCUT2D eigenvalue weighted by molar-refractivity contribution is -0.117. The van der Waals surface area contributed by atoms with Crippen LogP contribution in [0.5, 0.6) is 5.75 Å². The van der Waals surface area contributed by atoms with Crippen molar-refractivity contribution in [3.63, 3.8) is 0 Å². The lowest BCUT2D eigenvalue weighted by atomic mass is 9.96. The number of carbonyl (C=O) groups excluding carboxylic acids is 1. The first-order valence-corrected chi connectivity index (χ1v) is 11.7. The highest BCUT2D eigenvalue weighted by Gasteiger charge is 2.20. The van der Waals surface area contributed by atoms with Gasteiger partial charge >= 0.3 is 0 Å². The predicted octanol–water partition coefficient (Wildman–Crippen LogP) is 7.03. The molecule has 1 heterocycles. The Morgan fingerprint density at radius 2 is 1.97 bits per heavy atom. The van der Waals surface area contributed by atoms with Gasteiger partial charge in [0.1, 0.15) is 11.3 Å². The number of ether oxygens (including phenoxy) is 1. The molecule has 2 aromatic carbocycles. The van der Waals surface area contributed by atoms with E-state index in [4.69, 9.17) is 9.15 Å². The van der Waals surface area contributed by atoms with Crippen LogP contribution in [0.4, 0.5) is 0 Å². The van der Waals surface area contributed by atoms with Gasteiger partial charge in [0.15, 0.2) is 0 Å². The zero-order valence-corrected chi connectivity index (χ0v) is 19.8. The molecule has 0 unspecified atom stereocenters. The fourth-order valence-corrected chi connectivity index (χ4v) is 4.64. The van der Waals surface area contributed by atoms with Crippen LogP contribution in [-0.4, -0.2) is 18.6 Å². The highest BCUT2D eigenvalue weighted by atomic mass is 79.9. The van der Waals surface area contributed by atoms with Gasteiger partial charge in [0.2, 0.25) is 5.91 Å². The van der Waals surface area contributed by atoms with E-state index >= 15 is 0 Å². The molecule has 1 fully saturated rings. The van der Waals surface area contributed by atoms with Crippen LogP contribution in [0, 0.1) is 6.92 Å². The number of rotatable bonds is 6. The van der Waals surface area contributed by atoms with E-state index in [9.17, 15) is 4.79 Å². The number of carbonyl (C=O) groups is 1. The number of hydrogen-bond acceptors (Lipinski definition) is 3. The summed E-state index contributed by atoms with van der Waals surface area (Å²) in [6.45, 7) is 6.49. The van der Waals surface area contributed by atoms with Gasteiger partial charge in [-0.05, 0) is 62.9 Å². The molecule has 0 aliphatic heterocycles. The topological polar surface area (TPSA) is 51.5 Å². The first-order chi connectivity index (χ1) is 15.0. The maximum atomic E-state index is 12.6. The Labute approximate surface area is 191 Å². The van der Waals surface area contributed by atoms with Crippen LogP contribution in [0.3, 0.4) is 0 Å². The Kier molecular flexibility index (Phi) is 6.51. The van der Waals surface area contributed by atoms with Gasteiger partial charge in [-0.2, -0.15) is 0 Å². The second kappa shape index (κ2) is 9.31. The SMILES string of the molecule is CCOc1c(/C(C)=C/C(=O)NC2CCCC2)cc2c(-c3ccc(Br)cc3)coc2c1C. The van der Waals surface area contributed by atoms with E-state index in [0.717, 1.165) is 61.9 Å². The van der Waals surface area contributed by atoms with Crippen molar-refractivity contribution in [3.05, 3.63) is 58.3 Å². The van der Waals surface area contributed by atoms with Gasteiger partial charge in [0, 0.05) is 38.7 Å². The molecule has 1 N–H and O–H groups in total. The molecule has 3 aromatic rings. The molecule has 1 amide bonds. The molecule has 0 radical (unpaired) electrons. The van der Waals surface area contributed by atoms with Crippen molar-refractivity contribution in [1.29, 1.82) is 0 Å². The number of allylic oxidation sites excluding steroid dienone is 1. The second-order valence-electron chi connectivity index (χ2n) is 8.16. The lowest BCUT2D eigenvalue weighted by Crippen LogP contribution is -2.31. The van der Waals surface area contributed by atoms with Gasteiger partial charge in [0.05, 0.1) is 12.9 Å². The molecule has 1 aliphatic carbocycles. The molecule has 1 aromatic heterocycles. The Bertz CT molecular complexity index is 1120. The van der Waals surface area contributed by atoms with Crippen LogP contribution >= 0.6 is 15.9 Å². The fraction of sp³-hybridized carbons (Fsp3) is 0.346. The van der Waals surface area contributed by atoms with Gasteiger partial charge in [-0.3, -0.25) is 4.79 Å². The maximum absolute atomic E-state index is 12.6. The highest BCUT2D eigenvalue weighted by molar-refractivity contribution is 9.10. The first-order valence-electron chi connectivity index (χ1n) is 10.9. The van der Waals surface area contributed by atoms with Gasteiger partial charge in [-0.25, -0.2) is 0 Å². The molecule has 0 saturated heterocycles. The molecule has 1 saturated carbocycles. The molecule has 1 aliphatic rings. The number of benzene rings is 2. The Hall–Kier alpha value is -2.53. The number of hydrogen-bond donors (Lipinski definition) is 1. The van der Waals surface area contributed by atoms with Gasteiger partial charge in [-0.15, -0.1) is 0 Å². The van der Waals surface area contributed by atoms with Crippen molar-refractivity contribution >= 4 is 38.4 Å². The number of fused-ring (bicyclic) bond motifs is 1. The first kappa shape index (κ1) is 21.7. The molecule has 5 heteroatoms. The summed E-state index contributed by atoms with van der Waals surface area (Å²) in [5.41, 5.74) is 5.67. The van der Waals surface area contributed by atoms with E-state index in [1.54, 1.807) is 12.3 Å². The minimum Gasteiger partial charge on any atom is -0.493 e. The predicted molar refractivity (Wildman–Crippen MR) is 129 cm³/mol. The van der Waals surface area contributed by atoms with E-state index in [1.165, 1.54) is 12.8 Å². The van der Waals surface area contributed by atoms with Crippen molar-refractivity contribution in [2.45, 2.75) is 52.5 Å². The van der Waals surface area contributed by atoms with Crippen molar-refractivity contribution < 1.29 is 13.9 Å². The molecular formula is C26H28BrNO3. The van der Waals surface area contributed by atoms with Gasteiger partial charge in [0.25, 0.3) is 0 Å². The number of nitrogens with one attached hydrogen (secondary N) is 1. The summed E-state index contributed by atoms with van der Waals surface area (Å²) in [7, 11) is 0. The van der Waals surface area contributed by atoms with Crippen molar-refractivity contribution in [2.24, 2.45) is 0 Å². The lowest BCUT2D eigenvalue weighted by Gasteiger charge is -2.15. The summed E-state index contributed by atoms with van der Waals surface area (Å²) in [4.78, 5) is 12.6. The molecule has 4 rings (SSSR count). The highest BCUT2D eigenvalue weighted by Crippen LogP contribution is 2.41. The zero-order chi connectivity index (χ0) is 22.0. The molecule has 31 heavy (non-hydrogen) atoms. The Morgan fingerprint density at radius 3 is 2.65 bits per heavy atom. The van der Waals surface area contributed by atoms with E-state index in [0.29, 0.717) is 12.6 Å². The summed E-state index contributed by atoms with van der Waals surface area (Å²) in [5.74, 6) is 0.735. The smallest absolute Gasteiger partial charge is 0.244 e. The van der Waals surface area contributed by atoms with Crippen LogP contribution in [0.25, 0.3) is 27.7 Å². The summed E-state index contributed by atoms with van der Waals surface area (Å²) in [6, 6.07) is 10.6. The minimum absolute atomic E-state index is 0.0371. The van der Waals surface area contributed by atoms with Crippen LogP contribution in [0.2, 0.25) is 0 Å². The molecular weight excluding hydrogens is 454 g/mol. The molecule has 0 spiro atoms. The van der Waals surface area contributed by atoms with E-state index in [1.807, 2.05) is 32.9 Å². The second-order valence-corrected chi connectivity index (χ2v) is 9.08. The van der Waals surface area contributed by atoms with Crippen LogP contribution < -0.4 is 10.1 Å². The summed E-state index contributed by atoms with van der Waals surface area (Å²) in [6.07, 6.45) is 8.01. The van der Waals surface area contributed by atoms with Crippen molar-refractivity contribution in [3.8, 4) is 16.9 Å². The summed E-state index contributed by atoms with van der Waals surface area (Å²) >= 11 is 3.50. The molecule has 4 nitrogen and oxygen atoms in total. The Balaban J connectivity index is 1.77. The number of furan rings is 1. The third-order valence-electron chi connectivity index (χ3n) is 5.96. The van der Waals surface area contributed by atoms with Crippen LogP contribution in [0.15, 0.2) is 51.6 Å². The van der Waals surface area contributed by atoms with Gasteiger partial charge < -0.3 is 14.5 Å². The van der Waals surface area contributed by atoms with Crippen LogP contribution in [0.1, 0.15) is 50.7 Å². The Morgan fingerprint density at radius 1 is 1.26 bits per heavy atom.